The molecule has 0 aliphatic carbocycles. The van der Waals surface area contributed by atoms with E-state index < -0.39 is 10.0 Å². The highest BCUT2D eigenvalue weighted by Gasteiger charge is 2.15. The van der Waals surface area contributed by atoms with Gasteiger partial charge in [0.1, 0.15) is 0 Å². The van der Waals surface area contributed by atoms with Gasteiger partial charge in [-0.3, -0.25) is 4.72 Å². The van der Waals surface area contributed by atoms with E-state index in [-0.39, 0.29) is 4.90 Å². The number of sulfonamides is 1. The van der Waals surface area contributed by atoms with Gasteiger partial charge in [0.25, 0.3) is 10.0 Å². The van der Waals surface area contributed by atoms with E-state index in [1.807, 2.05) is 32.9 Å². The van der Waals surface area contributed by atoms with E-state index in [0.717, 1.165) is 28.3 Å². The predicted molar refractivity (Wildman–Crippen MR) is 137 cm³/mol. The topological polar surface area (TPSA) is 120 Å². The Morgan fingerprint density at radius 3 is 2.14 bits per heavy atom. The van der Waals surface area contributed by atoms with Crippen LogP contribution in [-0.2, 0) is 10.0 Å². The quantitative estimate of drug-likeness (QED) is 0.342. The van der Waals surface area contributed by atoms with Gasteiger partial charge in [0.2, 0.25) is 0 Å². The molecule has 36 heavy (non-hydrogen) atoms. The van der Waals surface area contributed by atoms with Gasteiger partial charge >= 0.3 is 0 Å². The van der Waals surface area contributed by atoms with Crippen LogP contribution in [0.1, 0.15) is 17.0 Å². The summed E-state index contributed by atoms with van der Waals surface area (Å²) in [6, 6.07) is 18.8. The zero-order valence-corrected chi connectivity index (χ0v) is 20.7. The molecule has 3 aromatic heterocycles. The molecule has 0 aliphatic heterocycles. The molecule has 0 bridgehead atoms. The third-order valence-electron chi connectivity index (χ3n) is 5.85. The standard InChI is InChI=1S/C25H24N8O2S/c1-17-18(2)30-33(19(17)3)25-14-13-24(28-29-25)27-20-5-7-21(8-6-20)31-36(34,35)23-11-9-22(10-12-23)32-16-4-15-26-32/h4-16,31H,1-3H3,(H,27,28). The molecule has 0 aliphatic rings. The van der Waals surface area contributed by atoms with E-state index >= 15 is 0 Å². The fraction of sp³-hybridized carbons (Fsp3) is 0.120. The van der Waals surface area contributed by atoms with E-state index in [2.05, 4.69) is 30.4 Å². The number of nitrogens with one attached hydrogen (secondary N) is 2. The lowest BCUT2D eigenvalue weighted by atomic mass is 10.2. The maximum atomic E-state index is 12.8. The smallest absolute Gasteiger partial charge is 0.261 e. The minimum Gasteiger partial charge on any atom is -0.339 e. The van der Waals surface area contributed by atoms with Gasteiger partial charge in [-0.15, -0.1) is 10.2 Å². The Morgan fingerprint density at radius 1 is 0.833 bits per heavy atom. The summed E-state index contributed by atoms with van der Waals surface area (Å²) in [5, 5.41) is 20.3. The minimum atomic E-state index is -3.74. The number of rotatable bonds is 7. The molecule has 5 rings (SSSR count). The zero-order valence-electron chi connectivity index (χ0n) is 19.9. The van der Waals surface area contributed by atoms with Gasteiger partial charge in [0.05, 0.1) is 16.3 Å². The van der Waals surface area contributed by atoms with Crippen LogP contribution in [0, 0.1) is 20.8 Å². The van der Waals surface area contributed by atoms with Crippen LogP contribution in [0.4, 0.5) is 17.2 Å². The molecular formula is C25H24N8O2S. The van der Waals surface area contributed by atoms with Crippen molar-refractivity contribution in [2.75, 3.05) is 10.0 Å². The van der Waals surface area contributed by atoms with Crippen LogP contribution in [0.25, 0.3) is 11.5 Å². The second-order valence-corrected chi connectivity index (χ2v) is 9.92. The Labute approximate surface area is 208 Å². The third-order valence-corrected chi connectivity index (χ3v) is 7.24. The molecule has 5 aromatic rings. The maximum absolute atomic E-state index is 12.8. The molecule has 0 fully saturated rings. The first-order chi connectivity index (χ1) is 17.3. The van der Waals surface area contributed by atoms with E-state index in [9.17, 15) is 8.42 Å². The van der Waals surface area contributed by atoms with Crippen LogP contribution in [-0.4, -0.2) is 38.2 Å². The van der Waals surface area contributed by atoms with Crippen molar-refractivity contribution in [2.45, 2.75) is 25.7 Å². The fourth-order valence-electron chi connectivity index (χ4n) is 3.63. The highest BCUT2D eigenvalue weighted by Crippen LogP contribution is 2.22. The van der Waals surface area contributed by atoms with Crippen LogP contribution >= 0.6 is 0 Å². The molecule has 10 nitrogen and oxygen atoms in total. The molecule has 3 heterocycles. The summed E-state index contributed by atoms with van der Waals surface area (Å²) < 4.78 is 31.6. The molecule has 0 amide bonds. The van der Waals surface area contributed by atoms with Crippen molar-refractivity contribution < 1.29 is 8.42 Å². The Hall–Kier alpha value is -4.51. The van der Waals surface area contributed by atoms with Crippen molar-refractivity contribution in [1.29, 1.82) is 0 Å². The van der Waals surface area contributed by atoms with E-state index in [0.29, 0.717) is 17.3 Å². The molecule has 0 saturated carbocycles. The zero-order chi connectivity index (χ0) is 25.3. The average Bonchev–Trinajstić information content (AvgIpc) is 3.51. The minimum absolute atomic E-state index is 0.161. The van der Waals surface area contributed by atoms with E-state index in [1.165, 1.54) is 0 Å². The fourth-order valence-corrected chi connectivity index (χ4v) is 4.69. The predicted octanol–water partition coefficient (Wildman–Crippen LogP) is 4.32. The van der Waals surface area contributed by atoms with Gasteiger partial charge in [0.15, 0.2) is 11.6 Å². The largest absolute Gasteiger partial charge is 0.339 e. The molecule has 2 N–H and O–H groups in total. The summed E-state index contributed by atoms with van der Waals surface area (Å²) in [4.78, 5) is 0.161. The second kappa shape index (κ2) is 9.27. The number of hydrogen-bond donors (Lipinski definition) is 2. The highest BCUT2D eigenvalue weighted by atomic mass is 32.2. The monoisotopic (exact) mass is 500 g/mol. The maximum Gasteiger partial charge on any atom is 0.261 e. The van der Waals surface area contributed by atoms with Crippen LogP contribution in [0.5, 0.6) is 0 Å². The number of nitrogens with zero attached hydrogens (tertiary/aromatic N) is 6. The van der Waals surface area contributed by atoms with Gasteiger partial charge in [-0.2, -0.15) is 10.2 Å². The van der Waals surface area contributed by atoms with Gasteiger partial charge in [-0.05, 0) is 93.1 Å². The van der Waals surface area contributed by atoms with E-state index in [1.54, 1.807) is 76.4 Å². The summed E-state index contributed by atoms with van der Waals surface area (Å²) >= 11 is 0. The number of benzene rings is 2. The Bertz CT molecular complexity index is 1590. The van der Waals surface area contributed by atoms with Gasteiger partial charge in [0, 0.05) is 29.5 Å². The van der Waals surface area contributed by atoms with Crippen LogP contribution in [0.15, 0.2) is 84.0 Å². The third kappa shape index (κ3) is 4.68. The summed E-state index contributed by atoms with van der Waals surface area (Å²) in [5.41, 5.74) is 5.06. The number of hydrogen-bond acceptors (Lipinski definition) is 7. The van der Waals surface area contributed by atoms with Crippen molar-refractivity contribution in [2.24, 2.45) is 0 Å². The van der Waals surface area contributed by atoms with Crippen molar-refractivity contribution in [3.8, 4) is 11.5 Å². The Kier molecular flexibility index (Phi) is 5.98. The Balaban J connectivity index is 1.25. The first kappa shape index (κ1) is 23.2. The van der Waals surface area contributed by atoms with Crippen molar-refractivity contribution in [3.05, 3.63) is 96.1 Å². The summed E-state index contributed by atoms with van der Waals surface area (Å²) in [6.07, 6.45) is 3.45. The number of aryl methyl sites for hydroxylation is 1. The first-order valence-electron chi connectivity index (χ1n) is 11.2. The van der Waals surface area contributed by atoms with Crippen molar-refractivity contribution in [1.82, 2.24) is 29.8 Å². The van der Waals surface area contributed by atoms with Crippen LogP contribution in [0.2, 0.25) is 0 Å². The molecule has 2 aromatic carbocycles. The molecule has 0 radical (unpaired) electrons. The van der Waals surface area contributed by atoms with E-state index in [4.69, 9.17) is 0 Å². The lowest BCUT2D eigenvalue weighted by Crippen LogP contribution is -2.13. The second-order valence-electron chi connectivity index (χ2n) is 8.24. The van der Waals surface area contributed by atoms with Gasteiger partial charge in [-0.1, -0.05) is 0 Å². The summed E-state index contributed by atoms with van der Waals surface area (Å²) in [7, 11) is -3.74. The van der Waals surface area contributed by atoms with Gasteiger partial charge < -0.3 is 5.32 Å². The lowest BCUT2D eigenvalue weighted by Gasteiger charge is -2.10. The highest BCUT2D eigenvalue weighted by molar-refractivity contribution is 7.92. The summed E-state index contributed by atoms with van der Waals surface area (Å²) in [6.45, 7) is 5.99. The van der Waals surface area contributed by atoms with Crippen molar-refractivity contribution >= 4 is 27.2 Å². The SMILES string of the molecule is Cc1nn(-c2ccc(Nc3ccc(NS(=O)(=O)c4ccc(-n5cccn5)cc4)cc3)nn2)c(C)c1C. The van der Waals surface area contributed by atoms with Gasteiger partial charge in [-0.25, -0.2) is 17.8 Å². The lowest BCUT2D eigenvalue weighted by molar-refractivity contribution is 0.601. The normalized spacial score (nSPS) is 11.4. The average molecular weight is 501 g/mol. The van der Waals surface area contributed by atoms with Crippen molar-refractivity contribution in [3.63, 3.8) is 0 Å². The molecular weight excluding hydrogens is 476 g/mol. The first-order valence-corrected chi connectivity index (χ1v) is 12.7. The molecule has 11 heteroatoms. The molecule has 0 unspecified atom stereocenters. The van der Waals surface area contributed by atoms with Crippen LogP contribution < -0.4 is 10.0 Å². The summed E-state index contributed by atoms with van der Waals surface area (Å²) in [5.74, 6) is 1.19. The van der Waals surface area contributed by atoms with Crippen LogP contribution in [0.3, 0.4) is 0 Å². The molecule has 0 saturated heterocycles. The molecule has 0 spiro atoms. The molecule has 182 valence electrons. The molecule has 0 atom stereocenters. The Morgan fingerprint density at radius 2 is 1.56 bits per heavy atom. The number of anilines is 3. The number of aromatic nitrogens is 6.